The Balaban J connectivity index is 2.16. The van der Waals surface area contributed by atoms with Gasteiger partial charge in [-0.25, -0.2) is 4.79 Å². The predicted octanol–water partition coefficient (Wildman–Crippen LogP) is -1.14. The summed E-state index contributed by atoms with van der Waals surface area (Å²) in [5, 5.41) is 11.5. The van der Waals surface area contributed by atoms with Crippen molar-refractivity contribution in [1.29, 1.82) is 0 Å². The maximum atomic E-state index is 11.0. The van der Waals surface area contributed by atoms with Crippen molar-refractivity contribution in [3.05, 3.63) is 0 Å². The molecule has 72 valence electrons. The molecule has 0 aromatic rings. The Kier molecular flexibility index (Phi) is 1.84. The minimum atomic E-state index is -1.06. The van der Waals surface area contributed by atoms with Gasteiger partial charge in [0.1, 0.15) is 6.54 Å². The summed E-state index contributed by atoms with van der Waals surface area (Å²) in [6.07, 6.45) is -1.06. The van der Waals surface area contributed by atoms with Crippen LogP contribution in [0.1, 0.15) is 0 Å². The summed E-state index contributed by atoms with van der Waals surface area (Å²) in [6, 6.07) is -0.382. The molecule has 13 heavy (non-hydrogen) atoms. The van der Waals surface area contributed by atoms with Gasteiger partial charge in [0.2, 0.25) is 5.91 Å². The zero-order valence-electron chi connectivity index (χ0n) is 6.90. The molecule has 0 aromatic carbocycles. The number of nitrogens with zero attached hydrogens (tertiary/aromatic N) is 1. The normalized spacial score (nSPS) is 32.6. The highest BCUT2D eigenvalue weighted by atomic mass is 16.5. The molecule has 0 saturated carbocycles. The molecule has 0 bridgehead atoms. The average molecular weight is 186 g/mol. The molecule has 0 aliphatic carbocycles. The fraction of sp³-hybridized carbons (Fsp3) is 0.714. The van der Waals surface area contributed by atoms with Gasteiger partial charge in [0, 0.05) is 0 Å². The van der Waals surface area contributed by atoms with Crippen LogP contribution in [-0.2, 0) is 9.53 Å². The highest BCUT2D eigenvalue weighted by molar-refractivity contribution is 5.83. The highest BCUT2D eigenvalue weighted by Crippen LogP contribution is 2.16. The Labute approximate surface area is 74.5 Å². The summed E-state index contributed by atoms with van der Waals surface area (Å²) in [7, 11) is 0. The van der Waals surface area contributed by atoms with Crippen LogP contribution in [0.25, 0.3) is 0 Å². The van der Waals surface area contributed by atoms with Crippen molar-refractivity contribution in [3.63, 3.8) is 0 Å². The van der Waals surface area contributed by atoms with Crippen molar-refractivity contribution >= 4 is 12.0 Å². The van der Waals surface area contributed by atoms with Crippen molar-refractivity contribution in [2.24, 2.45) is 0 Å². The number of hydrogen-bond donors (Lipinski definition) is 2. The second-order valence-electron chi connectivity index (χ2n) is 3.19. The largest absolute Gasteiger partial charge is 0.465 e. The third-order valence-electron chi connectivity index (χ3n) is 2.36. The zero-order valence-corrected chi connectivity index (χ0v) is 6.90. The van der Waals surface area contributed by atoms with Crippen LogP contribution in [0.4, 0.5) is 4.79 Å². The average Bonchev–Trinajstić information content (AvgIpc) is 2.49. The number of nitrogens with one attached hydrogen (secondary N) is 1. The van der Waals surface area contributed by atoms with Crippen molar-refractivity contribution in [1.82, 2.24) is 10.2 Å². The highest BCUT2D eigenvalue weighted by Gasteiger charge is 2.41. The lowest BCUT2D eigenvalue weighted by Gasteiger charge is -2.34. The minimum Gasteiger partial charge on any atom is -0.465 e. The van der Waals surface area contributed by atoms with E-state index in [1.807, 2.05) is 0 Å². The molecule has 0 radical (unpaired) electrons. The van der Waals surface area contributed by atoms with E-state index in [2.05, 4.69) is 5.32 Å². The molecule has 2 fully saturated rings. The summed E-state index contributed by atoms with van der Waals surface area (Å²) >= 11 is 0. The van der Waals surface area contributed by atoms with Crippen molar-refractivity contribution in [2.75, 3.05) is 19.8 Å². The van der Waals surface area contributed by atoms with E-state index in [9.17, 15) is 9.59 Å². The van der Waals surface area contributed by atoms with E-state index >= 15 is 0 Å². The third kappa shape index (κ3) is 1.33. The first-order valence-corrected chi connectivity index (χ1v) is 4.05. The van der Waals surface area contributed by atoms with Gasteiger partial charge in [-0.2, -0.15) is 0 Å². The smallest absolute Gasteiger partial charge is 0.408 e. The van der Waals surface area contributed by atoms with Crippen LogP contribution >= 0.6 is 0 Å². The van der Waals surface area contributed by atoms with Crippen LogP contribution in [0.2, 0.25) is 0 Å². The molecule has 2 N–H and O–H groups in total. The van der Waals surface area contributed by atoms with E-state index in [1.54, 1.807) is 0 Å². The van der Waals surface area contributed by atoms with Crippen molar-refractivity contribution in [2.45, 2.75) is 12.1 Å². The lowest BCUT2D eigenvalue weighted by molar-refractivity contribution is -0.125. The van der Waals surface area contributed by atoms with Gasteiger partial charge in [0.25, 0.3) is 0 Å². The quantitative estimate of drug-likeness (QED) is 0.501. The maximum absolute atomic E-state index is 11.0. The Hall–Kier alpha value is -1.30. The Morgan fingerprint density at radius 2 is 2.38 bits per heavy atom. The first-order chi connectivity index (χ1) is 6.18. The van der Waals surface area contributed by atoms with Crippen LogP contribution in [0.15, 0.2) is 0 Å². The molecule has 2 aliphatic rings. The van der Waals surface area contributed by atoms with Crippen molar-refractivity contribution in [3.8, 4) is 0 Å². The first-order valence-electron chi connectivity index (χ1n) is 4.05. The molecule has 6 nitrogen and oxygen atoms in total. The minimum absolute atomic E-state index is 0.0835. The number of carbonyl (C=O) groups excluding carboxylic acids is 1. The first kappa shape index (κ1) is 8.31. The molecule has 2 aliphatic heterocycles. The topological polar surface area (TPSA) is 78.9 Å². The standard InChI is InChI=1S/C7H10N2O4/c10-6-1-9(7(11)12)5-3-13-2-4(5)8-6/h4-5H,1-3H2,(H,8,10)(H,11,12). The molecule has 2 unspecified atom stereocenters. The van der Waals surface area contributed by atoms with E-state index in [1.165, 1.54) is 0 Å². The molecule has 2 heterocycles. The van der Waals surface area contributed by atoms with Crippen LogP contribution in [0.5, 0.6) is 0 Å². The van der Waals surface area contributed by atoms with Gasteiger partial charge in [-0.3, -0.25) is 9.69 Å². The lowest BCUT2D eigenvalue weighted by Crippen LogP contribution is -2.61. The second kappa shape index (κ2) is 2.88. The summed E-state index contributed by atoms with van der Waals surface area (Å²) in [6.45, 7) is 0.692. The van der Waals surface area contributed by atoms with Crippen LogP contribution < -0.4 is 5.32 Å². The number of ether oxygens (including phenoxy) is 1. The molecule has 0 aromatic heterocycles. The number of hydrogen-bond acceptors (Lipinski definition) is 3. The Bertz CT molecular complexity index is 253. The van der Waals surface area contributed by atoms with Crippen LogP contribution in [0, 0.1) is 0 Å². The molecule has 0 spiro atoms. The zero-order chi connectivity index (χ0) is 9.42. The van der Waals surface area contributed by atoms with E-state index in [0.29, 0.717) is 13.2 Å². The molecule has 2 atom stereocenters. The summed E-state index contributed by atoms with van der Waals surface area (Å²) in [5.74, 6) is -0.255. The van der Waals surface area contributed by atoms with Gasteiger partial charge in [-0.05, 0) is 0 Å². The number of piperazine rings is 1. The van der Waals surface area contributed by atoms with Gasteiger partial charge >= 0.3 is 6.09 Å². The maximum Gasteiger partial charge on any atom is 0.408 e. The lowest BCUT2D eigenvalue weighted by atomic mass is 10.1. The number of carboxylic acid groups (broad SMARTS) is 1. The Morgan fingerprint density at radius 1 is 1.62 bits per heavy atom. The number of fused-ring (bicyclic) bond motifs is 1. The number of rotatable bonds is 0. The van der Waals surface area contributed by atoms with Crippen LogP contribution in [0.3, 0.4) is 0 Å². The van der Waals surface area contributed by atoms with E-state index in [0.717, 1.165) is 4.90 Å². The third-order valence-corrected chi connectivity index (χ3v) is 2.36. The SMILES string of the molecule is O=C1CN(C(=O)O)C2COCC2N1. The van der Waals surface area contributed by atoms with Gasteiger partial charge in [-0.1, -0.05) is 0 Å². The summed E-state index contributed by atoms with van der Waals surface area (Å²) in [5.41, 5.74) is 0. The molecular weight excluding hydrogens is 176 g/mol. The molecule has 2 saturated heterocycles. The monoisotopic (exact) mass is 186 g/mol. The van der Waals surface area contributed by atoms with Gasteiger partial charge in [-0.15, -0.1) is 0 Å². The molecule has 6 heteroatoms. The van der Waals surface area contributed by atoms with Gasteiger partial charge in [0.15, 0.2) is 0 Å². The molecule has 2 rings (SSSR count). The molecular formula is C7H10N2O4. The Morgan fingerprint density at radius 3 is 3.08 bits per heavy atom. The van der Waals surface area contributed by atoms with E-state index in [-0.39, 0.29) is 24.5 Å². The van der Waals surface area contributed by atoms with Crippen molar-refractivity contribution < 1.29 is 19.4 Å². The van der Waals surface area contributed by atoms with E-state index in [4.69, 9.17) is 9.84 Å². The fourth-order valence-electron chi connectivity index (χ4n) is 1.72. The molecule has 2 amide bonds. The number of carbonyl (C=O) groups is 2. The van der Waals surface area contributed by atoms with Gasteiger partial charge in [0.05, 0.1) is 25.3 Å². The van der Waals surface area contributed by atoms with E-state index < -0.39 is 6.09 Å². The second-order valence-corrected chi connectivity index (χ2v) is 3.19. The summed E-state index contributed by atoms with van der Waals surface area (Å²) < 4.78 is 5.10. The number of amides is 2. The summed E-state index contributed by atoms with van der Waals surface area (Å²) in [4.78, 5) is 22.9. The van der Waals surface area contributed by atoms with Crippen LogP contribution in [-0.4, -0.2) is 53.8 Å². The predicted molar refractivity (Wildman–Crippen MR) is 41.3 cm³/mol. The van der Waals surface area contributed by atoms with Gasteiger partial charge < -0.3 is 15.2 Å². The fourth-order valence-corrected chi connectivity index (χ4v) is 1.72.